The van der Waals surface area contributed by atoms with Crippen molar-refractivity contribution in [3.05, 3.63) is 71.0 Å². The summed E-state index contributed by atoms with van der Waals surface area (Å²) in [5.74, 6) is 1.38. The molecule has 0 bridgehead atoms. The Morgan fingerprint density at radius 1 is 1.11 bits per heavy atom. The molecule has 7 nitrogen and oxygen atoms in total. The number of fused-ring (bicyclic) bond motifs is 1. The third-order valence-corrected chi connectivity index (χ3v) is 5.04. The van der Waals surface area contributed by atoms with E-state index in [1.54, 1.807) is 25.3 Å². The van der Waals surface area contributed by atoms with Gasteiger partial charge in [-0.2, -0.15) is 0 Å². The molecule has 7 heteroatoms. The van der Waals surface area contributed by atoms with Gasteiger partial charge in [-0.3, -0.25) is 5.41 Å². The average molecular weight is 374 g/mol. The maximum Gasteiger partial charge on any atom is 0.141 e. The lowest BCUT2D eigenvalue weighted by molar-refractivity contribution is 0.417. The smallest absolute Gasteiger partial charge is 0.141 e. The molecule has 142 valence electrons. The van der Waals surface area contributed by atoms with Crippen molar-refractivity contribution in [3.63, 3.8) is 0 Å². The standard InChI is InChI=1S/C21H22N6O/c1-28-17-7-6-14(10-16(17)22)19(23)18-20(24)25-11-26-21(18)27-15-8-12-4-2-3-5-13(12)9-15/h2-7,10-11,15,23H,8-9,22H2,1H3,(H3,24,25,26,27). The van der Waals surface area contributed by atoms with Crippen LogP contribution in [0.5, 0.6) is 5.75 Å². The molecule has 0 fully saturated rings. The molecule has 4 rings (SSSR count). The minimum atomic E-state index is 0.194. The molecule has 0 atom stereocenters. The van der Waals surface area contributed by atoms with Crippen LogP contribution in [0, 0.1) is 5.41 Å². The molecule has 0 saturated heterocycles. The third-order valence-electron chi connectivity index (χ3n) is 5.04. The summed E-state index contributed by atoms with van der Waals surface area (Å²) in [7, 11) is 1.56. The fraction of sp³-hybridized carbons (Fsp3) is 0.190. The van der Waals surface area contributed by atoms with E-state index in [4.69, 9.17) is 21.6 Å². The molecule has 0 unspecified atom stereocenters. The van der Waals surface area contributed by atoms with Crippen molar-refractivity contribution in [3.8, 4) is 5.75 Å². The van der Waals surface area contributed by atoms with Crippen LogP contribution in [0.25, 0.3) is 0 Å². The molecule has 2 aromatic carbocycles. The van der Waals surface area contributed by atoms with Crippen LogP contribution in [0.4, 0.5) is 17.3 Å². The minimum absolute atomic E-state index is 0.194. The topological polar surface area (TPSA) is 123 Å². The predicted molar refractivity (Wildman–Crippen MR) is 111 cm³/mol. The Bertz CT molecular complexity index is 1020. The molecule has 0 aliphatic heterocycles. The molecule has 6 N–H and O–H groups in total. The number of methoxy groups -OCH3 is 1. The van der Waals surface area contributed by atoms with E-state index in [-0.39, 0.29) is 17.6 Å². The summed E-state index contributed by atoms with van der Waals surface area (Å²) in [5, 5.41) is 12.1. The Morgan fingerprint density at radius 3 is 2.46 bits per heavy atom. The number of nitrogens with one attached hydrogen (secondary N) is 2. The second-order valence-electron chi connectivity index (χ2n) is 6.83. The van der Waals surface area contributed by atoms with Crippen molar-refractivity contribution in [2.75, 3.05) is 23.9 Å². The lowest BCUT2D eigenvalue weighted by Gasteiger charge is -2.18. The Balaban J connectivity index is 1.63. The molecule has 1 heterocycles. The summed E-state index contributed by atoms with van der Waals surface area (Å²) in [4.78, 5) is 8.46. The summed E-state index contributed by atoms with van der Waals surface area (Å²) >= 11 is 0. The maximum atomic E-state index is 8.68. The van der Waals surface area contributed by atoms with Gasteiger partial charge in [-0.25, -0.2) is 9.97 Å². The van der Waals surface area contributed by atoms with Gasteiger partial charge in [-0.1, -0.05) is 24.3 Å². The van der Waals surface area contributed by atoms with E-state index in [0.717, 1.165) is 12.8 Å². The highest BCUT2D eigenvalue weighted by atomic mass is 16.5. The van der Waals surface area contributed by atoms with E-state index in [1.807, 2.05) is 0 Å². The van der Waals surface area contributed by atoms with Crippen LogP contribution in [-0.4, -0.2) is 28.8 Å². The zero-order valence-electron chi connectivity index (χ0n) is 15.6. The van der Waals surface area contributed by atoms with Gasteiger partial charge in [0.15, 0.2) is 0 Å². The van der Waals surface area contributed by atoms with Crippen LogP contribution < -0.4 is 21.5 Å². The number of aromatic nitrogens is 2. The number of hydrogen-bond acceptors (Lipinski definition) is 7. The number of nitrogens with zero attached hydrogens (tertiary/aromatic N) is 2. The van der Waals surface area contributed by atoms with Gasteiger partial charge in [0.05, 0.1) is 24.1 Å². The Labute approximate surface area is 163 Å². The van der Waals surface area contributed by atoms with Crippen molar-refractivity contribution < 1.29 is 4.74 Å². The molecule has 28 heavy (non-hydrogen) atoms. The predicted octanol–water partition coefficient (Wildman–Crippen LogP) is 2.65. The number of hydrogen-bond donors (Lipinski definition) is 4. The lowest BCUT2D eigenvalue weighted by atomic mass is 10.0. The zero-order chi connectivity index (χ0) is 19.7. The highest BCUT2D eigenvalue weighted by Gasteiger charge is 2.24. The van der Waals surface area contributed by atoms with E-state index >= 15 is 0 Å². The first-order valence-electron chi connectivity index (χ1n) is 9.03. The molecule has 3 aromatic rings. The number of rotatable bonds is 5. The van der Waals surface area contributed by atoms with Gasteiger partial charge in [0.25, 0.3) is 0 Å². The number of ether oxygens (including phenoxy) is 1. The summed E-state index contributed by atoms with van der Waals surface area (Å²) in [6.07, 6.45) is 3.23. The van der Waals surface area contributed by atoms with Crippen LogP contribution >= 0.6 is 0 Å². The van der Waals surface area contributed by atoms with Crippen molar-refractivity contribution >= 4 is 23.0 Å². The molecular formula is C21H22N6O. The molecule has 0 saturated carbocycles. The van der Waals surface area contributed by atoms with Gasteiger partial charge < -0.3 is 21.5 Å². The molecule has 1 aromatic heterocycles. The zero-order valence-corrected chi connectivity index (χ0v) is 15.6. The van der Waals surface area contributed by atoms with Gasteiger partial charge in [0, 0.05) is 11.6 Å². The second kappa shape index (κ2) is 7.19. The first-order chi connectivity index (χ1) is 13.6. The van der Waals surface area contributed by atoms with Crippen LogP contribution in [0.15, 0.2) is 48.8 Å². The Morgan fingerprint density at radius 2 is 1.82 bits per heavy atom. The fourth-order valence-electron chi connectivity index (χ4n) is 3.64. The first kappa shape index (κ1) is 17.8. The first-order valence-corrected chi connectivity index (χ1v) is 9.03. The normalized spacial score (nSPS) is 13.2. The van der Waals surface area contributed by atoms with Gasteiger partial charge in [-0.15, -0.1) is 0 Å². The SMILES string of the molecule is COc1ccc(C(=N)c2c(N)ncnc2NC2Cc3ccccc3C2)cc1N. The van der Waals surface area contributed by atoms with Gasteiger partial charge in [0.2, 0.25) is 0 Å². The molecule has 1 aliphatic carbocycles. The minimum Gasteiger partial charge on any atom is -0.495 e. The highest BCUT2D eigenvalue weighted by molar-refractivity contribution is 6.16. The van der Waals surface area contributed by atoms with Crippen molar-refractivity contribution in [2.24, 2.45) is 0 Å². The Kier molecular flexibility index (Phi) is 4.57. The van der Waals surface area contributed by atoms with Crippen molar-refractivity contribution in [1.29, 1.82) is 5.41 Å². The summed E-state index contributed by atoms with van der Waals surface area (Å²) in [5.41, 5.74) is 16.6. The van der Waals surface area contributed by atoms with Gasteiger partial charge >= 0.3 is 0 Å². The van der Waals surface area contributed by atoms with Gasteiger partial charge in [0.1, 0.15) is 23.7 Å². The quantitative estimate of drug-likeness (QED) is 0.402. The third kappa shape index (κ3) is 3.22. The molecular weight excluding hydrogens is 352 g/mol. The molecule has 0 amide bonds. The Hall–Kier alpha value is -3.61. The largest absolute Gasteiger partial charge is 0.495 e. The molecule has 1 aliphatic rings. The van der Waals surface area contributed by atoms with Crippen LogP contribution in [0.1, 0.15) is 22.3 Å². The highest BCUT2D eigenvalue weighted by Crippen LogP contribution is 2.29. The second-order valence-corrected chi connectivity index (χ2v) is 6.83. The van der Waals surface area contributed by atoms with Crippen molar-refractivity contribution in [1.82, 2.24) is 9.97 Å². The van der Waals surface area contributed by atoms with Gasteiger partial charge in [-0.05, 0) is 42.2 Å². The lowest BCUT2D eigenvalue weighted by Crippen LogP contribution is -2.23. The number of nitrogens with two attached hydrogens (primary N) is 2. The van der Waals surface area contributed by atoms with Crippen molar-refractivity contribution in [2.45, 2.75) is 18.9 Å². The van der Waals surface area contributed by atoms with E-state index in [9.17, 15) is 0 Å². The van der Waals surface area contributed by atoms with Crippen LogP contribution in [0.2, 0.25) is 0 Å². The van der Waals surface area contributed by atoms with E-state index < -0.39 is 0 Å². The van der Waals surface area contributed by atoms with Crippen LogP contribution in [-0.2, 0) is 12.8 Å². The average Bonchev–Trinajstić information content (AvgIpc) is 3.10. The fourth-order valence-corrected chi connectivity index (χ4v) is 3.64. The number of nitrogen functional groups attached to an aromatic ring is 2. The maximum absolute atomic E-state index is 8.68. The monoisotopic (exact) mass is 374 g/mol. The molecule has 0 radical (unpaired) electrons. The van der Waals surface area contributed by atoms with E-state index in [0.29, 0.717) is 28.4 Å². The summed E-state index contributed by atoms with van der Waals surface area (Å²) < 4.78 is 5.20. The number of anilines is 3. The van der Waals surface area contributed by atoms with E-state index in [2.05, 4.69) is 39.6 Å². The summed E-state index contributed by atoms with van der Waals surface area (Å²) in [6.45, 7) is 0. The summed E-state index contributed by atoms with van der Waals surface area (Å²) in [6, 6.07) is 13.8. The molecule has 0 spiro atoms. The number of benzene rings is 2. The van der Waals surface area contributed by atoms with E-state index in [1.165, 1.54) is 17.5 Å². The van der Waals surface area contributed by atoms with Crippen LogP contribution in [0.3, 0.4) is 0 Å².